The van der Waals surface area contributed by atoms with Gasteiger partial charge in [0.2, 0.25) is 11.6 Å². The number of hydrogen-bond acceptors (Lipinski definition) is 9. The molecule has 1 aliphatic rings. The number of ether oxygens (including phenoxy) is 2. The monoisotopic (exact) mass is 549 g/mol. The molecule has 1 unspecified atom stereocenters. The van der Waals surface area contributed by atoms with Crippen LogP contribution in [-0.2, 0) is 25.7 Å². The average Bonchev–Trinajstić information content (AvgIpc) is 3.41. The number of aromatic nitrogens is 2. The summed E-state index contributed by atoms with van der Waals surface area (Å²) in [5.74, 6) is -0.748. The second-order valence-electron chi connectivity index (χ2n) is 9.57. The highest BCUT2D eigenvalue weighted by molar-refractivity contribution is 6.32. The number of benzene rings is 1. The molecule has 0 aliphatic carbocycles. The molecule has 12 nitrogen and oxygen atoms in total. The molecule has 1 aliphatic heterocycles. The molecule has 13 heteroatoms. The number of hydrogen-bond donors (Lipinski definition) is 4. The standard InChI is InChI=1S/C25H32ClN5O7/c1-15(2)10-19(31-13-17(11-22(31)33)38-20-7-5-4-6-18(20)26)23(34)28-21-8-9-30(29-21)12-16(32)14-37-24(35)25(3,27)36/h4-9,11,15-16,19,32,36H,10,12-14,27H2,1-3H3,(H,28,29,34)/t16-,19+,25?/m1/s1. The van der Waals surface area contributed by atoms with Crippen LogP contribution < -0.4 is 15.8 Å². The SMILES string of the molecule is CC(C)C[C@@H](C(=O)Nc1ccn(C[C@@H](O)COC(=O)C(C)(N)O)n1)N1CC(Oc2ccccc2Cl)=CC1=O. The number of carbonyl (C=O) groups is 3. The minimum absolute atomic E-state index is 0.0530. The number of esters is 1. The molecule has 0 saturated heterocycles. The maximum absolute atomic E-state index is 13.2. The van der Waals surface area contributed by atoms with Crippen molar-refractivity contribution in [1.82, 2.24) is 14.7 Å². The minimum Gasteiger partial charge on any atom is -0.460 e. The predicted octanol–water partition coefficient (Wildman–Crippen LogP) is 1.27. The fourth-order valence-corrected chi connectivity index (χ4v) is 3.83. The molecule has 38 heavy (non-hydrogen) atoms. The number of aliphatic hydroxyl groups is 2. The Labute approximate surface area is 224 Å². The third-order valence-electron chi connectivity index (χ3n) is 5.45. The summed E-state index contributed by atoms with van der Waals surface area (Å²) in [7, 11) is 0. The number of amides is 2. The van der Waals surface area contributed by atoms with Crippen molar-refractivity contribution < 1.29 is 34.1 Å². The fourth-order valence-electron chi connectivity index (χ4n) is 3.65. The smallest absolute Gasteiger partial charge is 0.353 e. The number of carbonyl (C=O) groups excluding carboxylic acids is 3. The van der Waals surface area contributed by atoms with Crippen LogP contribution in [0.5, 0.6) is 5.75 Å². The van der Waals surface area contributed by atoms with E-state index in [0.717, 1.165) is 6.92 Å². The van der Waals surface area contributed by atoms with Crippen molar-refractivity contribution in [3.05, 3.63) is 53.4 Å². The number of nitrogens with zero attached hydrogens (tertiary/aromatic N) is 3. The van der Waals surface area contributed by atoms with Gasteiger partial charge in [0.1, 0.15) is 30.3 Å². The lowest BCUT2D eigenvalue weighted by molar-refractivity contribution is -0.166. The van der Waals surface area contributed by atoms with Crippen molar-refractivity contribution in [2.24, 2.45) is 11.7 Å². The van der Waals surface area contributed by atoms with Gasteiger partial charge >= 0.3 is 5.97 Å². The first kappa shape index (κ1) is 29.1. The highest BCUT2D eigenvalue weighted by Gasteiger charge is 2.35. The Morgan fingerprint density at radius 3 is 2.66 bits per heavy atom. The second kappa shape index (κ2) is 12.4. The molecule has 0 radical (unpaired) electrons. The zero-order valence-corrected chi connectivity index (χ0v) is 22.1. The molecule has 1 aromatic carbocycles. The molecule has 2 aromatic rings. The number of nitrogens with two attached hydrogens (primary N) is 1. The molecule has 1 aromatic heterocycles. The Morgan fingerprint density at radius 2 is 2.00 bits per heavy atom. The van der Waals surface area contributed by atoms with Crippen LogP contribution in [0, 0.1) is 5.92 Å². The number of halogens is 1. The Balaban J connectivity index is 1.60. The molecule has 0 bridgehead atoms. The third kappa shape index (κ3) is 8.02. The van der Waals surface area contributed by atoms with Gasteiger partial charge in [0.15, 0.2) is 5.82 Å². The van der Waals surface area contributed by atoms with Crippen molar-refractivity contribution >= 4 is 35.2 Å². The van der Waals surface area contributed by atoms with Crippen molar-refractivity contribution in [3.63, 3.8) is 0 Å². The van der Waals surface area contributed by atoms with Gasteiger partial charge in [0, 0.05) is 18.3 Å². The van der Waals surface area contributed by atoms with Gasteiger partial charge in [0.05, 0.1) is 18.1 Å². The van der Waals surface area contributed by atoms with Gasteiger partial charge in [-0.2, -0.15) is 5.10 Å². The normalized spacial score (nSPS) is 16.6. The Bertz CT molecular complexity index is 1190. The van der Waals surface area contributed by atoms with Gasteiger partial charge < -0.3 is 29.9 Å². The van der Waals surface area contributed by atoms with E-state index in [4.69, 9.17) is 26.8 Å². The summed E-state index contributed by atoms with van der Waals surface area (Å²) in [6.07, 6.45) is 2.13. The number of rotatable bonds is 12. The van der Waals surface area contributed by atoms with E-state index in [9.17, 15) is 24.6 Å². The Morgan fingerprint density at radius 1 is 1.29 bits per heavy atom. The molecule has 0 spiro atoms. The van der Waals surface area contributed by atoms with E-state index in [1.807, 2.05) is 13.8 Å². The first-order valence-electron chi connectivity index (χ1n) is 12.0. The van der Waals surface area contributed by atoms with Crippen molar-refractivity contribution in [1.29, 1.82) is 0 Å². The Kier molecular flexibility index (Phi) is 9.50. The van der Waals surface area contributed by atoms with E-state index in [2.05, 4.69) is 10.4 Å². The van der Waals surface area contributed by atoms with Gasteiger partial charge in [-0.25, -0.2) is 4.79 Å². The van der Waals surface area contributed by atoms with Crippen molar-refractivity contribution in [2.75, 3.05) is 18.5 Å². The molecular formula is C25H32ClN5O7. The molecule has 2 amide bonds. The van der Waals surface area contributed by atoms with Crippen LogP contribution >= 0.6 is 11.6 Å². The summed E-state index contributed by atoms with van der Waals surface area (Å²) < 4.78 is 11.9. The van der Waals surface area contributed by atoms with Gasteiger partial charge in [0.25, 0.3) is 5.91 Å². The highest BCUT2D eigenvalue weighted by atomic mass is 35.5. The molecule has 0 fully saturated rings. The summed E-state index contributed by atoms with van der Waals surface area (Å²) in [4.78, 5) is 39.0. The zero-order chi connectivity index (χ0) is 28.0. The summed E-state index contributed by atoms with van der Waals surface area (Å²) in [5, 5.41) is 26.8. The maximum Gasteiger partial charge on any atom is 0.353 e. The van der Waals surface area contributed by atoms with Crippen LogP contribution in [0.25, 0.3) is 0 Å². The number of aliphatic hydroxyl groups excluding tert-OH is 1. The van der Waals surface area contributed by atoms with E-state index < -0.39 is 36.4 Å². The summed E-state index contributed by atoms with van der Waals surface area (Å²) >= 11 is 6.15. The summed E-state index contributed by atoms with van der Waals surface area (Å²) in [6.45, 7) is 4.60. The van der Waals surface area contributed by atoms with E-state index in [-0.39, 0.29) is 30.7 Å². The van der Waals surface area contributed by atoms with Crippen LogP contribution in [0.3, 0.4) is 0 Å². The van der Waals surface area contributed by atoms with Gasteiger partial charge in [-0.3, -0.25) is 20.0 Å². The lowest BCUT2D eigenvalue weighted by atomic mass is 10.0. The lowest BCUT2D eigenvalue weighted by Gasteiger charge is -2.28. The summed E-state index contributed by atoms with van der Waals surface area (Å²) in [6, 6.07) is 7.64. The van der Waals surface area contributed by atoms with Crippen molar-refractivity contribution in [2.45, 2.75) is 51.6 Å². The van der Waals surface area contributed by atoms with Crippen LogP contribution in [0.4, 0.5) is 5.82 Å². The molecule has 0 saturated carbocycles. The lowest BCUT2D eigenvalue weighted by Crippen LogP contribution is -2.46. The minimum atomic E-state index is -2.16. The highest BCUT2D eigenvalue weighted by Crippen LogP contribution is 2.28. The van der Waals surface area contributed by atoms with E-state index in [1.165, 1.54) is 27.9 Å². The zero-order valence-electron chi connectivity index (χ0n) is 21.3. The number of para-hydroxylation sites is 1. The quantitative estimate of drug-likeness (QED) is 0.225. The maximum atomic E-state index is 13.2. The van der Waals surface area contributed by atoms with E-state index >= 15 is 0 Å². The van der Waals surface area contributed by atoms with Crippen molar-refractivity contribution in [3.8, 4) is 5.75 Å². The van der Waals surface area contributed by atoms with Crippen LogP contribution in [-0.4, -0.2) is 73.7 Å². The predicted molar refractivity (Wildman–Crippen MR) is 138 cm³/mol. The molecule has 206 valence electrons. The largest absolute Gasteiger partial charge is 0.460 e. The second-order valence-corrected chi connectivity index (χ2v) is 9.97. The average molecular weight is 550 g/mol. The number of nitrogens with one attached hydrogen (secondary N) is 1. The molecule has 3 rings (SSSR count). The Hall–Kier alpha value is -3.45. The first-order chi connectivity index (χ1) is 17.8. The van der Waals surface area contributed by atoms with Crippen LogP contribution in [0.15, 0.2) is 48.4 Å². The molecule has 3 atom stereocenters. The molecular weight excluding hydrogens is 518 g/mol. The first-order valence-corrected chi connectivity index (χ1v) is 12.4. The van der Waals surface area contributed by atoms with E-state index in [0.29, 0.717) is 23.0 Å². The van der Waals surface area contributed by atoms with Crippen LogP contribution in [0.1, 0.15) is 27.2 Å². The topological polar surface area (TPSA) is 169 Å². The van der Waals surface area contributed by atoms with Gasteiger partial charge in [-0.05, 0) is 31.4 Å². The van der Waals surface area contributed by atoms with E-state index in [1.54, 1.807) is 24.3 Å². The number of anilines is 1. The summed E-state index contributed by atoms with van der Waals surface area (Å²) in [5.41, 5.74) is 3.06. The third-order valence-corrected chi connectivity index (χ3v) is 5.77. The molecule has 5 N–H and O–H groups in total. The fraction of sp³-hybridized carbons (Fsp3) is 0.440. The van der Waals surface area contributed by atoms with Gasteiger partial charge in [-0.15, -0.1) is 0 Å². The van der Waals surface area contributed by atoms with Gasteiger partial charge in [-0.1, -0.05) is 37.6 Å². The van der Waals surface area contributed by atoms with Crippen LogP contribution in [0.2, 0.25) is 5.02 Å². The molecule has 2 heterocycles.